The van der Waals surface area contributed by atoms with Crippen molar-refractivity contribution in [3.05, 3.63) is 48.9 Å². The second-order valence-electron chi connectivity index (χ2n) is 5.21. The van der Waals surface area contributed by atoms with E-state index >= 15 is 0 Å². The van der Waals surface area contributed by atoms with Gasteiger partial charge in [-0.2, -0.15) is 0 Å². The number of ether oxygens (including phenoxy) is 1. The summed E-state index contributed by atoms with van der Waals surface area (Å²) in [5.74, 6) is 0. The summed E-state index contributed by atoms with van der Waals surface area (Å²) in [6.07, 6.45) is 9.12. The predicted octanol–water partition coefficient (Wildman–Crippen LogP) is 3.27. The monoisotopic (exact) mass is 306 g/mol. The smallest absolute Gasteiger partial charge is 0.115 e. The lowest BCUT2D eigenvalue weighted by molar-refractivity contribution is 0.0168. The highest BCUT2D eigenvalue weighted by Gasteiger charge is 2.22. The zero-order chi connectivity index (χ0) is 17.2. The van der Waals surface area contributed by atoms with Gasteiger partial charge in [-0.15, -0.1) is 5.10 Å². The molecular formula is C17H30N4O. The van der Waals surface area contributed by atoms with Gasteiger partial charge in [0.1, 0.15) is 6.34 Å². The van der Waals surface area contributed by atoms with Crippen molar-refractivity contribution in [2.75, 3.05) is 20.7 Å². The number of hydrogen-bond donors (Lipinski definition) is 1. The number of rotatable bonds is 10. The van der Waals surface area contributed by atoms with Gasteiger partial charge in [-0.25, -0.2) is 5.12 Å². The largest absolute Gasteiger partial charge is 0.371 e. The lowest BCUT2D eigenvalue weighted by Gasteiger charge is -2.30. The van der Waals surface area contributed by atoms with Crippen molar-refractivity contribution >= 4 is 6.34 Å². The highest BCUT2D eigenvalue weighted by molar-refractivity contribution is 5.57. The van der Waals surface area contributed by atoms with Crippen LogP contribution in [0.25, 0.3) is 0 Å². The topological polar surface area (TPSA) is 40.1 Å². The summed E-state index contributed by atoms with van der Waals surface area (Å²) in [7, 11) is 3.76. The average Bonchev–Trinajstić information content (AvgIpc) is 2.44. The maximum Gasteiger partial charge on any atom is 0.115 e. The van der Waals surface area contributed by atoms with Crippen molar-refractivity contribution < 1.29 is 4.74 Å². The minimum Gasteiger partial charge on any atom is -0.371 e. The molecule has 5 nitrogen and oxygen atoms in total. The van der Waals surface area contributed by atoms with Crippen LogP contribution in [0.15, 0.2) is 54.0 Å². The Labute approximate surface area is 135 Å². The van der Waals surface area contributed by atoms with Crippen LogP contribution in [-0.2, 0) is 4.74 Å². The maximum atomic E-state index is 5.75. The van der Waals surface area contributed by atoms with Gasteiger partial charge in [-0.1, -0.05) is 25.3 Å². The molecule has 5 heteroatoms. The first-order valence-electron chi connectivity index (χ1n) is 7.34. The average molecular weight is 306 g/mol. The number of allylic oxidation sites excluding steroid dienone is 2. The van der Waals surface area contributed by atoms with E-state index in [2.05, 4.69) is 23.6 Å². The Kier molecular flexibility index (Phi) is 8.94. The molecule has 0 aliphatic heterocycles. The van der Waals surface area contributed by atoms with Crippen molar-refractivity contribution in [2.24, 2.45) is 5.10 Å². The first-order valence-corrected chi connectivity index (χ1v) is 7.34. The predicted molar refractivity (Wildman–Crippen MR) is 95.1 cm³/mol. The van der Waals surface area contributed by atoms with E-state index < -0.39 is 5.60 Å². The Morgan fingerprint density at radius 2 is 2.00 bits per heavy atom. The van der Waals surface area contributed by atoms with Gasteiger partial charge < -0.3 is 10.1 Å². The molecule has 124 valence electrons. The summed E-state index contributed by atoms with van der Waals surface area (Å²) in [6.45, 7) is 16.3. The molecule has 0 aromatic rings. The van der Waals surface area contributed by atoms with Crippen molar-refractivity contribution in [2.45, 2.75) is 33.3 Å². The van der Waals surface area contributed by atoms with Crippen LogP contribution in [0, 0.1) is 0 Å². The molecule has 0 aromatic heterocycles. The van der Waals surface area contributed by atoms with Crippen molar-refractivity contribution in [3.63, 3.8) is 0 Å². The minimum atomic E-state index is -0.395. The number of nitrogens with zero attached hydrogens (tertiary/aromatic N) is 3. The molecule has 22 heavy (non-hydrogen) atoms. The Morgan fingerprint density at radius 1 is 1.36 bits per heavy atom. The van der Waals surface area contributed by atoms with Crippen molar-refractivity contribution in [1.82, 2.24) is 15.4 Å². The lowest BCUT2D eigenvalue weighted by atomic mass is 9.99. The summed E-state index contributed by atoms with van der Waals surface area (Å²) in [4.78, 5) is 0. The van der Waals surface area contributed by atoms with Gasteiger partial charge in [0.05, 0.1) is 5.60 Å². The molecule has 0 fully saturated rings. The van der Waals surface area contributed by atoms with E-state index in [1.165, 1.54) is 0 Å². The van der Waals surface area contributed by atoms with Crippen LogP contribution in [0.2, 0.25) is 0 Å². The Bertz CT molecular complexity index is 450. The molecule has 0 atom stereocenters. The fourth-order valence-corrected chi connectivity index (χ4v) is 1.71. The van der Waals surface area contributed by atoms with E-state index in [1.807, 2.05) is 65.2 Å². The number of hydrazine groups is 1. The summed E-state index contributed by atoms with van der Waals surface area (Å²) >= 11 is 0. The molecular weight excluding hydrogens is 276 g/mol. The second kappa shape index (κ2) is 9.84. The SMILES string of the molecule is C=C/C(=C\N(C)N(C)/N=C\NC(=C)/C=C\C)C(C)(C)OCC. The summed E-state index contributed by atoms with van der Waals surface area (Å²) in [5, 5.41) is 10.8. The third-order valence-corrected chi connectivity index (χ3v) is 3.05. The van der Waals surface area contributed by atoms with Gasteiger partial charge in [-0.3, -0.25) is 5.01 Å². The fourth-order valence-electron chi connectivity index (χ4n) is 1.71. The number of hydrazone groups is 1. The Morgan fingerprint density at radius 3 is 2.50 bits per heavy atom. The van der Waals surface area contributed by atoms with Gasteiger partial charge in [0, 0.05) is 38.2 Å². The van der Waals surface area contributed by atoms with Crippen molar-refractivity contribution in [3.8, 4) is 0 Å². The summed E-state index contributed by atoms with van der Waals surface area (Å²) in [5.41, 5.74) is 1.36. The summed E-state index contributed by atoms with van der Waals surface area (Å²) in [6, 6.07) is 0. The molecule has 0 aromatic carbocycles. The highest BCUT2D eigenvalue weighted by Crippen LogP contribution is 2.22. The van der Waals surface area contributed by atoms with Crippen LogP contribution in [0.1, 0.15) is 27.7 Å². The molecule has 0 aliphatic rings. The molecule has 0 aliphatic carbocycles. The molecule has 0 unspecified atom stereocenters. The van der Waals surface area contributed by atoms with E-state index in [9.17, 15) is 0 Å². The first kappa shape index (κ1) is 20.0. The molecule has 0 spiro atoms. The van der Waals surface area contributed by atoms with Gasteiger partial charge >= 0.3 is 0 Å². The first-order chi connectivity index (χ1) is 10.3. The second-order valence-corrected chi connectivity index (χ2v) is 5.21. The van der Waals surface area contributed by atoms with Gasteiger partial charge in [0.25, 0.3) is 0 Å². The molecule has 0 rings (SSSR count). The van der Waals surface area contributed by atoms with Crippen LogP contribution in [-0.4, -0.2) is 42.8 Å². The normalized spacial score (nSPS) is 12.7. The molecule has 0 saturated heterocycles. The van der Waals surface area contributed by atoms with Crippen LogP contribution in [0.4, 0.5) is 0 Å². The van der Waals surface area contributed by atoms with E-state index in [0.29, 0.717) is 6.61 Å². The van der Waals surface area contributed by atoms with E-state index in [4.69, 9.17) is 4.74 Å². The molecule has 0 amide bonds. The third-order valence-electron chi connectivity index (χ3n) is 3.05. The minimum absolute atomic E-state index is 0.395. The van der Waals surface area contributed by atoms with Crippen LogP contribution < -0.4 is 5.32 Å². The molecule has 0 saturated carbocycles. The van der Waals surface area contributed by atoms with Gasteiger partial charge in [0.2, 0.25) is 0 Å². The maximum absolute atomic E-state index is 5.75. The van der Waals surface area contributed by atoms with Crippen LogP contribution in [0.5, 0.6) is 0 Å². The van der Waals surface area contributed by atoms with E-state index in [0.717, 1.165) is 11.3 Å². The molecule has 0 heterocycles. The van der Waals surface area contributed by atoms with Gasteiger partial charge in [-0.05, 0) is 33.8 Å². The van der Waals surface area contributed by atoms with Gasteiger partial charge in [0.15, 0.2) is 0 Å². The molecule has 1 N–H and O–H groups in total. The van der Waals surface area contributed by atoms with E-state index in [1.54, 1.807) is 17.5 Å². The standard InChI is InChI=1S/C17H30N4O/c1-9-12-15(4)18-14-19-21(8)20(7)13-16(10-2)17(5,6)22-11-3/h9-10,12-14H,2,4,11H2,1,3,5-8H3,(H,18,19)/b12-9-,16-13+. The number of nitrogens with one attached hydrogen (secondary N) is 1. The highest BCUT2D eigenvalue weighted by atomic mass is 16.5. The van der Waals surface area contributed by atoms with Crippen molar-refractivity contribution in [1.29, 1.82) is 0 Å². The fraction of sp³-hybridized carbons (Fsp3) is 0.471. The zero-order valence-electron chi connectivity index (χ0n) is 14.8. The Hall–Kier alpha value is -2.01. The zero-order valence-corrected chi connectivity index (χ0v) is 14.8. The quantitative estimate of drug-likeness (QED) is 0.291. The van der Waals surface area contributed by atoms with E-state index in [-0.39, 0.29) is 0 Å². The number of hydrogen-bond acceptors (Lipinski definition) is 4. The lowest BCUT2D eigenvalue weighted by Crippen LogP contribution is -2.33. The Balaban J connectivity index is 4.82. The van der Waals surface area contributed by atoms with Crippen LogP contribution in [0.3, 0.4) is 0 Å². The molecule has 0 radical (unpaired) electrons. The molecule has 0 bridgehead atoms. The summed E-state index contributed by atoms with van der Waals surface area (Å²) < 4.78 is 5.75. The van der Waals surface area contributed by atoms with Crippen LogP contribution >= 0.6 is 0 Å². The third kappa shape index (κ3) is 7.13.